The molecule has 0 radical (unpaired) electrons. The highest BCUT2D eigenvalue weighted by molar-refractivity contribution is 5.75. The van der Waals surface area contributed by atoms with Crippen LogP contribution < -0.4 is 0 Å². The summed E-state index contributed by atoms with van der Waals surface area (Å²) in [6, 6.07) is 8.84. The first-order valence-electron chi connectivity index (χ1n) is 7.98. The number of likely N-dealkylation sites (N-methyl/N-ethyl adjacent to an activating group) is 1. The molecule has 2 aliphatic rings. The molecule has 2 heterocycles. The molecule has 6 heteroatoms. The van der Waals surface area contributed by atoms with Gasteiger partial charge in [-0.3, -0.25) is 4.90 Å². The summed E-state index contributed by atoms with van der Waals surface area (Å²) < 4.78 is 5.41. The maximum atomic E-state index is 12.1. The van der Waals surface area contributed by atoms with Crippen LogP contribution in [0, 0.1) is 0 Å². The van der Waals surface area contributed by atoms with E-state index in [0.29, 0.717) is 12.8 Å². The number of carbonyl (C=O) groups is 1. The van der Waals surface area contributed by atoms with Gasteiger partial charge in [0.1, 0.15) is 6.10 Å². The average molecular weight is 321 g/mol. The number of nitrogens with zero attached hydrogens (tertiary/aromatic N) is 1. The Balaban J connectivity index is 1.57. The summed E-state index contributed by atoms with van der Waals surface area (Å²) in [6.45, 7) is 0. The van der Waals surface area contributed by atoms with Crippen molar-refractivity contribution in [2.24, 2.45) is 0 Å². The average Bonchev–Trinajstić information content (AvgIpc) is 2.67. The molecule has 1 aromatic rings. The molecule has 2 bridgehead atoms. The molecule has 1 aromatic carbocycles. The van der Waals surface area contributed by atoms with Gasteiger partial charge >= 0.3 is 5.97 Å². The standard InChI is InChI=1S/C17H23NO5/c1-18-12-8-11(9-13(18)16(21)15(12)20)23-17(22)14(19)7-10-5-3-2-4-6-10/h2-6,11-16,19-21H,7-9H2,1H3/t11?,12-,13+,14-,15+,16+/m1/s1. The molecule has 23 heavy (non-hydrogen) atoms. The number of ether oxygens (including phenoxy) is 1. The SMILES string of the molecule is CN1[C@@H]2CC(OC(=O)[C@H](O)Cc3ccccc3)C[C@H]1[C@H](O)[C@H]2O. The lowest BCUT2D eigenvalue weighted by Gasteiger charge is -2.36. The predicted octanol–water partition coefficient (Wildman–Crippen LogP) is -0.300. The predicted molar refractivity (Wildman–Crippen MR) is 82.6 cm³/mol. The Bertz CT molecular complexity index is 525. The Labute approximate surface area is 135 Å². The minimum Gasteiger partial charge on any atom is -0.460 e. The number of aliphatic hydroxyl groups excluding tert-OH is 3. The minimum absolute atomic E-state index is 0.213. The van der Waals surface area contributed by atoms with E-state index in [0.717, 1.165) is 5.56 Å². The molecular weight excluding hydrogens is 298 g/mol. The van der Waals surface area contributed by atoms with E-state index in [2.05, 4.69) is 0 Å². The van der Waals surface area contributed by atoms with Crippen molar-refractivity contribution in [3.63, 3.8) is 0 Å². The number of aliphatic hydroxyl groups is 3. The molecule has 6 nitrogen and oxygen atoms in total. The molecular formula is C17H23NO5. The van der Waals surface area contributed by atoms with Gasteiger partial charge in [0.05, 0.1) is 12.2 Å². The monoisotopic (exact) mass is 321 g/mol. The van der Waals surface area contributed by atoms with Crippen LogP contribution in [0.15, 0.2) is 30.3 Å². The Morgan fingerprint density at radius 1 is 1.22 bits per heavy atom. The first-order chi connectivity index (χ1) is 11.0. The van der Waals surface area contributed by atoms with E-state index in [9.17, 15) is 20.1 Å². The van der Waals surface area contributed by atoms with Gasteiger partial charge in [0.15, 0.2) is 6.10 Å². The van der Waals surface area contributed by atoms with Gasteiger partial charge in [0.2, 0.25) is 0 Å². The second kappa shape index (κ2) is 6.57. The van der Waals surface area contributed by atoms with Crippen molar-refractivity contribution >= 4 is 5.97 Å². The summed E-state index contributed by atoms with van der Waals surface area (Å²) in [6.07, 6.45) is -2.07. The second-order valence-corrected chi connectivity index (χ2v) is 6.52. The Morgan fingerprint density at radius 2 is 1.78 bits per heavy atom. The minimum atomic E-state index is -1.20. The highest BCUT2D eigenvalue weighted by atomic mass is 16.6. The fourth-order valence-electron chi connectivity index (χ4n) is 3.69. The van der Waals surface area contributed by atoms with Crippen molar-refractivity contribution in [3.05, 3.63) is 35.9 Å². The third-order valence-electron chi connectivity index (χ3n) is 5.02. The molecule has 0 amide bonds. The number of hydrogen-bond acceptors (Lipinski definition) is 6. The van der Waals surface area contributed by atoms with Gasteiger partial charge in [-0.2, -0.15) is 0 Å². The zero-order valence-corrected chi connectivity index (χ0v) is 13.1. The molecule has 1 unspecified atom stereocenters. The Morgan fingerprint density at radius 3 is 2.35 bits per heavy atom. The van der Waals surface area contributed by atoms with Crippen LogP contribution in [-0.4, -0.2) is 69.7 Å². The van der Waals surface area contributed by atoms with Crippen molar-refractivity contribution in [1.29, 1.82) is 0 Å². The molecule has 2 saturated heterocycles. The first kappa shape index (κ1) is 16.4. The van der Waals surface area contributed by atoms with Gasteiger partial charge in [0, 0.05) is 31.3 Å². The molecule has 126 valence electrons. The molecule has 0 spiro atoms. The van der Waals surface area contributed by atoms with Crippen molar-refractivity contribution in [2.75, 3.05) is 7.05 Å². The van der Waals surface area contributed by atoms with Crippen molar-refractivity contribution < 1.29 is 24.9 Å². The van der Waals surface area contributed by atoms with Gasteiger partial charge < -0.3 is 20.1 Å². The molecule has 0 aromatic heterocycles. The largest absolute Gasteiger partial charge is 0.460 e. The highest BCUT2D eigenvalue weighted by Gasteiger charge is 2.51. The van der Waals surface area contributed by atoms with E-state index < -0.39 is 24.3 Å². The number of carbonyl (C=O) groups excluding carboxylic acids is 1. The van der Waals surface area contributed by atoms with Gasteiger partial charge in [0.25, 0.3) is 0 Å². The third-order valence-corrected chi connectivity index (χ3v) is 5.02. The van der Waals surface area contributed by atoms with Crippen molar-refractivity contribution in [2.45, 2.75) is 55.8 Å². The van der Waals surface area contributed by atoms with Crippen LogP contribution in [0.1, 0.15) is 18.4 Å². The number of hydrogen-bond donors (Lipinski definition) is 3. The van der Waals surface area contributed by atoms with Crippen LogP contribution in [0.3, 0.4) is 0 Å². The van der Waals surface area contributed by atoms with Gasteiger partial charge in [-0.1, -0.05) is 30.3 Å². The maximum Gasteiger partial charge on any atom is 0.335 e. The summed E-state index contributed by atoms with van der Waals surface area (Å²) >= 11 is 0. The smallest absolute Gasteiger partial charge is 0.335 e. The molecule has 0 aliphatic carbocycles. The van der Waals surface area contributed by atoms with Crippen LogP contribution >= 0.6 is 0 Å². The second-order valence-electron chi connectivity index (χ2n) is 6.52. The van der Waals surface area contributed by atoms with Crippen LogP contribution in [-0.2, 0) is 16.0 Å². The van der Waals surface area contributed by atoms with Gasteiger partial charge in [-0.05, 0) is 12.6 Å². The number of benzene rings is 1. The highest BCUT2D eigenvalue weighted by Crippen LogP contribution is 2.36. The van der Waals surface area contributed by atoms with Crippen LogP contribution in [0.2, 0.25) is 0 Å². The summed E-state index contributed by atoms with van der Waals surface area (Å²) in [7, 11) is 1.86. The number of esters is 1. The normalized spacial score (nSPS) is 35.0. The number of fused-ring (bicyclic) bond motifs is 2. The first-order valence-corrected chi connectivity index (χ1v) is 7.98. The fourth-order valence-corrected chi connectivity index (χ4v) is 3.69. The van der Waals surface area contributed by atoms with Crippen LogP contribution in [0.25, 0.3) is 0 Å². The summed E-state index contributed by atoms with van der Waals surface area (Å²) in [5.41, 5.74) is 0.867. The molecule has 6 atom stereocenters. The molecule has 2 fully saturated rings. The number of piperidine rings is 1. The number of rotatable bonds is 4. The zero-order valence-electron chi connectivity index (χ0n) is 13.1. The summed E-state index contributed by atoms with van der Waals surface area (Å²) in [4.78, 5) is 14.0. The quantitative estimate of drug-likeness (QED) is 0.660. The van der Waals surface area contributed by atoms with E-state index in [1.54, 1.807) is 0 Å². The van der Waals surface area contributed by atoms with E-state index in [4.69, 9.17) is 4.74 Å². The van der Waals surface area contributed by atoms with Crippen molar-refractivity contribution in [1.82, 2.24) is 4.90 Å². The topological polar surface area (TPSA) is 90.2 Å². The van der Waals surface area contributed by atoms with E-state index in [1.807, 2.05) is 42.3 Å². The van der Waals surface area contributed by atoms with Crippen LogP contribution in [0.4, 0.5) is 0 Å². The third kappa shape index (κ3) is 3.26. The lowest BCUT2D eigenvalue weighted by molar-refractivity contribution is -0.162. The molecule has 2 aliphatic heterocycles. The fraction of sp³-hybridized carbons (Fsp3) is 0.588. The summed E-state index contributed by atoms with van der Waals surface area (Å²) in [5.74, 6) is -0.646. The Kier molecular flexibility index (Phi) is 4.68. The lowest BCUT2D eigenvalue weighted by Crippen LogP contribution is -2.46. The summed E-state index contributed by atoms with van der Waals surface area (Å²) in [5, 5.41) is 30.0. The molecule has 0 saturated carbocycles. The van der Waals surface area contributed by atoms with Gasteiger partial charge in [-0.25, -0.2) is 4.79 Å². The van der Waals surface area contributed by atoms with Crippen LogP contribution in [0.5, 0.6) is 0 Å². The van der Waals surface area contributed by atoms with E-state index in [1.165, 1.54) is 0 Å². The van der Waals surface area contributed by atoms with E-state index in [-0.39, 0.29) is 24.6 Å². The molecule has 3 N–H and O–H groups in total. The van der Waals surface area contributed by atoms with E-state index >= 15 is 0 Å². The Hall–Kier alpha value is -1.47. The molecule has 3 rings (SSSR count). The van der Waals surface area contributed by atoms with Gasteiger partial charge in [-0.15, -0.1) is 0 Å². The van der Waals surface area contributed by atoms with Crippen molar-refractivity contribution in [3.8, 4) is 0 Å². The lowest BCUT2D eigenvalue weighted by atomic mass is 10.00. The zero-order chi connectivity index (χ0) is 16.6. The maximum absolute atomic E-state index is 12.1.